The average Bonchev–Trinajstić information content (AvgIpc) is 2.90. The Kier molecular flexibility index (Phi) is 3.13. The first-order chi connectivity index (χ1) is 10.4. The molecule has 0 fully saturated rings. The van der Waals surface area contributed by atoms with Crippen LogP contribution in [0.2, 0.25) is 0 Å². The lowest BCUT2D eigenvalue weighted by atomic mass is 9.99. The Balaban J connectivity index is 2.15. The van der Waals surface area contributed by atoms with E-state index in [0.717, 1.165) is 0 Å². The predicted octanol–water partition coefficient (Wildman–Crippen LogP) is 3.35. The number of rotatable bonds is 2. The minimum Gasteiger partial charge on any atom is -0.366 e. The molecular weight excluding hydrogens is 295 g/mol. The van der Waals surface area contributed by atoms with Gasteiger partial charge in [-0.2, -0.15) is 13.2 Å². The number of halogens is 3. The average molecular weight is 305 g/mol. The van der Waals surface area contributed by atoms with E-state index in [0.29, 0.717) is 16.7 Å². The van der Waals surface area contributed by atoms with Gasteiger partial charge in [-0.15, -0.1) is 0 Å². The van der Waals surface area contributed by atoms with Crippen LogP contribution in [0, 0.1) is 0 Å². The van der Waals surface area contributed by atoms with Gasteiger partial charge in [0, 0.05) is 5.56 Å². The monoisotopic (exact) mass is 305 g/mol. The Morgan fingerprint density at radius 2 is 1.86 bits per heavy atom. The first-order valence-corrected chi connectivity index (χ1v) is 6.32. The van der Waals surface area contributed by atoms with Crippen molar-refractivity contribution < 1.29 is 18.0 Å². The molecule has 0 atom stereocenters. The number of nitrogens with one attached hydrogen (secondary N) is 1. The molecule has 22 heavy (non-hydrogen) atoms. The molecule has 3 N–H and O–H groups in total. The molecule has 1 heterocycles. The lowest BCUT2D eigenvalue weighted by Crippen LogP contribution is -2.12. The third-order valence-electron chi connectivity index (χ3n) is 3.25. The number of imidazole rings is 1. The van der Waals surface area contributed by atoms with E-state index in [9.17, 15) is 18.0 Å². The van der Waals surface area contributed by atoms with E-state index in [1.54, 1.807) is 30.3 Å². The van der Waals surface area contributed by atoms with Crippen molar-refractivity contribution in [3.63, 3.8) is 0 Å². The first kappa shape index (κ1) is 14.1. The summed E-state index contributed by atoms with van der Waals surface area (Å²) in [5.41, 5.74) is 7.20. The van der Waals surface area contributed by atoms with Crippen LogP contribution in [0.1, 0.15) is 16.2 Å². The number of fused-ring (bicyclic) bond motifs is 1. The number of hydrogen-bond donors (Lipinski definition) is 2. The number of H-pyrrole nitrogens is 1. The van der Waals surface area contributed by atoms with Gasteiger partial charge in [0.1, 0.15) is 0 Å². The van der Waals surface area contributed by atoms with Gasteiger partial charge in [-0.1, -0.05) is 24.3 Å². The van der Waals surface area contributed by atoms with Crippen molar-refractivity contribution >= 4 is 16.9 Å². The zero-order chi connectivity index (χ0) is 15.9. The summed E-state index contributed by atoms with van der Waals surface area (Å²) in [6.07, 6.45) is -4.54. The van der Waals surface area contributed by atoms with Gasteiger partial charge >= 0.3 is 6.18 Å². The number of carbonyl (C=O) groups excluding carboxylic acids is 1. The second kappa shape index (κ2) is 4.87. The van der Waals surface area contributed by atoms with Gasteiger partial charge in [-0.05, 0) is 29.3 Å². The van der Waals surface area contributed by atoms with Crippen LogP contribution in [0.3, 0.4) is 0 Å². The zero-order valence-corrected chi connectivity index (χ0v) is 11.1. The van der Waals surface area contributed by atoms with Crippen molar-refractivity contribution in [3.05, 3.63) is 53.9 Å². The summed E-state index contributed by atoms with van der Waals surface area (Å²) in [5, 5.41) is 0. The summed E-state index contributed by atoms with van der Waals surface area (Å²) >= 11 is 0. The number of amides is 1. The molecule has 0 aliphatic carbocycles. The number of nitrogens with zero attached hydrogens (tertiary/aromatic N) is 1. The molecule has 0 aliphatic rings. The van der Waals surface area contributed by atoms with Crippen LogP contribution in [0.5, 0.6) is 0 Å². The van der Waals surface area contributed by atoms with Gasteiger partial charge in [0.15, 0.2) is 0 Å². The van der Waals surface area contributed by atoms with E-state index in [4.69, 9.17) is 5.73 Å². The largest absolute Gasteiger partial charge is 0.449 e. The molecule has 0 bridgehead atoms. The molecule has 0 saturated carbocycles. The molecule has 1 aromatic heterocycles. The van der Waals surface area contributed by atoms with Crippen LogP contribution in [-0.4, -0.2) is 15.9 Å². The topological polar surface area (TPSA) is 71.8 Å². The highest BCUT2D eigenvalue weighted by Gasteiger charge is 2.34. The molecule has 3 rings (SSSR count). The highest BCUT2D eigenvalue weighted by molar-refractivity contribution is 6.00. The Hall–Kier alpha value is -2.83. The highest BCUT2D eigenvalue weighted by atomic mass is 19.4. The Labute approximate surface area is 122 Å². The van der Waals surface area contributed by atoms with Crippen molar-refractivity contribution in [2.24, 2.45) is 5.73 Å². The quantitative estimate of drug-likeness (QED) is 0.762. The third-order valence-corrected chi connectivity index (χ3v) is 3.25. The van der Waals surface area contributed by atoms with Crippen molar-refractivity contribution in [1.29, 1.82) is 0 Å². The fraction of sp³-hybridized carbons (Fsp3) is 0.0667. The summed E-state index contributed by atoms with van der Waals surface area (Å²) in [6.45, 7) is 0. The number of alkyl halides is 3. The maximum Gasteiger partial charge on any atom is 0.449 e. The van der Waals surface area contributed by atoms with Crippen molar-refractivity contribution in [2.75, 3.05) is 0 Å². The van der Waals surface area contributed by atoms with Gasteiger partial charge in [0.2, 0.25) is 11.7 Å². The molecule has 0 aliphatic heterocycles. The molecule has 0 radical (unpaired) electrons. The van der Waals surface area contributed by atoms with Gasteiger partial charge in [0.05, 0.1) is 11.0 Å². The molecule has 7 heteroatoms. The van der Waals surface area contributed by atoms with Crippen molar-refractivity contribution in [3.8, 4) is 11.1 Å². The second-order valence-corrected chi connectivity index (χ2v) is 4.72. The van der Waals surface area contributed by atoms with E-state index < -0.39 is 17.9 Å². The van der Waals surface area contributed by atoms with Crippen LogP contribution in [0.25, 0.3) is 22.2 Å². The lowest BCUT2D eigenvalue weighted by Gasteiger charge is -2.06. The highest BCUT2D eigenvalue weighted by Crippen LogP contribution is 2.31. The number of aromatic amines is 1. The van der Waals surface area contributed by atoms with Crippen LogP contribution < -0.4 is 5.73 Å². The fourth-order valence-corrected chi connectivity index (χ4v) is 2.26. The summed E-state index contributed by atoms with van der Waals surface area (Å²) in [7, 11) is 0. The van der Waals surface area contributed by atoms with E-state index in [2.05, 4.69) is 9.97 Å². The molecule has 0 spiro atoms. The minimum atomic E-state index is -4.54. The Bertz CT molecular complexity index is 868. The third kappa shape index (κ3) is 2.41. The van der Waals surface area contributed by atoms with E-state index in [-0.39, 0.29) is 11.0 Å². The Morgan fingerprint density at radius 1 is 1.14 bits per heavy atom. The summed E-state index contributed by atoms with van der Waals surface area (Å²) in [5.74, 6) is -1.65. The predicted molar refractivity (Wildman–Crippen MR) is 75.0 cm³/mol. The van der Waals surface area contributed by atoms with Gasteiger partial charge in [0.25, 0.3) is 0 Å². The number of aromatic nitrogens is 2. The molecule has 2 aromatic carbocycles. The molecule has 0 unspecified atom stereocenters. The minimum absolute atomic E-state index is 0.202. The van der Waals surface area contributed by atoms with Crippen LogP contribution in [-0.2, 0) is 6.18 Å². The SMILES string of the molecule is NC(=O)c1ccccc1-c1ccc2nc(C(F)(F)F)[nH]c2c1. The zero-order valence-electron chi connectivity index (χ0n) is 11.1. The fourth-order valence-electron chi connectivity index (χ4n) is 2.26. The van der Waals surface area contributed by atoms with Gasteiger partial charge in [-0.25, -0.2) is 4.98 Å². The van der Waals surface area contributed by atoms with E-state index in [1.165, 1.54) is 12.1 Å². The smallest absolute Gasteiger partial charge is 0.366 e. The van der Waals surface area contributed by atoms with Crippen molar-refractivity contribution in [2.45, 2.75) is 6.18 Å². The summed E-state index contributed by atoms with van der Waals surface area (Å²) in [4.78, 5) is 17.2. The van der Waals surface area contributed by atoms with Crippen LogP contribution in [0.15, 0.2) is 42.5 Å². The Morgan fingerprint density at radius 3 is 2.55 bits per heavy atom. The first-order valence-electron chi connectivity index (χ1n) is 6.32. The van der Waals surface area contributed by atoms with Crippen LogP contribution >= 0.6 is 0 Å². The maximum absolute atomic E-state index is 12.7. The summed E-state index contributed by atoms with van der Waals surface area (Å²) < 4.78 is 38.0. The standard InChI is InChI=1S/C15H10F3N3O/c16-15(17,18)14-20-11-6-5-8(7-12(11)21-14)9-3-1-2-4-10(9)13(19)22/h1-7H,(H2,19,22)(H,20,21). The molecular formula is C15H10F3N3O. The molecule has 0 saturated heterocycles. The maximum atomic E-state index is 12.7. The van der Waals surface area contributed by atoms with Gasteiger partial charge in [-0.3, -0.25) is 4.79 Å². The molecule has 3 aromatic rings. The van der Waals surface area contributed by atoms with Crippen LogP contribution in [0.4, 0.5) is 13.2 Å². The van der Waals surface area contributed by atoms with E-state index in [1.807, 2.05) is 0 Å². The molecule has 4 nitrogen and oxygen atoms in total. The number of carbonyl (C=O) groups is 1. The number of hydrogen-bond acceptors (Lipinski definition) is 2. The number of primary amides is 1. The van der Waals surface area contributed by atoms with E-state index >= 15 is 0 Å². The molecule has 1 amide bonds. The summed E-state index contributed by atoms with van der Waals surface area (Å²) in [6, 6.07) is 11.2. The van der Waals surface area contributed by atoms with Gasteiger partial charge < -0.3 is 10.7 Å². The molecule has 112 valence electrons. The normalized spacial score (nSPS) is 11.8. The van der Waals surface area contributed by atoms with Crippen molar-refractivity contribution in [1.82, 2.24) is 9.97 Å². The number of benzene rings is 2. The second-order valence-electron chi connectivity index (χ2n) is 4.72. The lowest BCUT2D eigenvalue weighted by molar-refractivity contribution is -0.144. The number of nitrogens with two attached hydrogens (primary N) is 1.